The van der Waals surface area contributed by atoms with Gasteiger partial charge in [0.1, 0.15) is 18.1 Å². The summed E-state index contributed by atoms with van der Waals surface area (Å²) in [5.74, 6) is 1.55. The number of benzene rings is 1. The van der Waals surface area contributed by atoms with Crippen LogP contribution < -0.4 is 5.32 Å². The lowest BCUT2D eigenvalue weighted by Crippen LogP contribution is -2.23. The maximum absolute atomic E-state index is 12.7. The lowest BCUT2D eigenvalue weighted by molar-refractivity contribution is 0.0791. The number of carbonyl (C=O) groups excluding carboxylic acids is 1. The van der Waals surface area contributed by atoms with Crippen LogP contribution in [-0.2, 0) is 17.9 Å². The number of imidazole rings is 1. The number of amides is 1. The summed E-state index contributed by atoms with van der Waals surface area (Å²) in [6.45, 7) is 5.30. The molecule has 1 aliphatic heterocycles. The summed E-state index contributed by atoms with van der Waals surface area (Å²) in [6.07, 6.45) is 1.58. The molecule has 3 heterocycles. The molecule has 0 radical (unpaired) electrons. The van der Waals surface area contributed by atoms with E-state index in [9.17, 15) is 4.79 Å². The van der Waals surface area contributed by atoms with Crippen molar-refractivity contribution in [2.45, 2.75) is 27.0 Å². The molecule has 1 aliphatic rings. The summed E-state index contributed by atoms with van der Waals surface area (Å²) < 4.78 is 12.3. The lowest BCUT2D eigenvalue weighted by atomic mass is 10.1. The third-order valence-electron chi connectivity index (χ3n) is 4.13. The average molecular weight is 339 g/mol. The van der Waals surface area contributed by atoms with Gasteiger partial charge in [0.15, 0.2) is 0 Å². The first-order valence-electron chi connectivity index (χ1n) is 7.96. The summed E-state index contributed by atoms with van der Waals surface area (Å²) >= 11 is 0. The number of ether oxygens (including phenoxy) is 1. The Balaban J connectivity index is 1.62. The fraction of sp³-hybridized carbons (Fsp3) is 0.294. The molecule has 8 heteroatoms. The lowest BCUT2D eigenvalue weighted by Gasteiger charge is -2.17. The van der Waals surface area contributed by atoms with E-state index in [1.807, 2.05) is 29.7 Å². The number of hydrogen-bond donors (Lipinski definition) is 1. The third-order valence-corrected chi connectivity index (χ3v) is 4.13. The van der Waals surface area contributed by atoms with Gasteiger partial charge < -0.3 is 19.1 Å². The highest BCUT2D eigenvalue weighted by molar-refractivity contribution is 6.03. The SMILES string of the molecule is Cc1nc(-c2ccc(C)c(NC(=O)c3cnc4n3CCOC4)c2)no1. The number of rotatable bonds is 3. The van der Waals surface area contributed by atoms with Crippen molar-refractivity contribution in [2.75, 3.05) is 11.9 Å². The van der Waals surface area contributed by atoms with Crippen molar-refractivity contribution in [1.29, 1.82) is 0 Å². The molecular formula is C17H17N5O3. The monoisotopic (exact) mass is 339 g/mol. The maximum Gasteiger partial charge on any atom is 0.273 e. The molecule has 4 rings (SSSR count). The van der Waals surface area contributed by atoms with Gasteiger partial charge in [0, 0.05) is 24.7 Å². The van der Waals surface area contributed by atoms with Crippen molar-refractivity contribution in [2.24, 2.45) is 0 Å². The van der Waals surface area contributed by atoms with Crippen molar-refractivity contribution >= 4 is 11.6 Å². The number of nitrogens with zero attached hydrogens (tertiary/aromatic N) is 4. The van der Waals surface area contributed by atoms with E-state index in [1.54, 1.807) is 13.1 Å². The van der Waals surface area contributed by atoms with Gasteiger partial charge in [-0.2, -0.15) is 4.98 Å². The molecule has 0 unspecified atom stereocenters. The molecule has 0 saturated heterocycles. The molecule has 1 aromatic carbocycles. The molecule has 1 N–H and O–H groups in total. The zero-order valence-corrected chi connectivity index (χ0v) is 13.9. The first kappa shape index (κ1) is 15.5. The van der Waals surface area contributed by atoms with Crippen LogP contribution in [0.2, 0.25) is 0 Å². The van der Waals surface area contributed by atoms with Crippen molar-refractivity contribution in [3.05, 3.63) is 47.4 Å². The summed E-state index contributed by atoms with van der Waals surface area (Å²) in [5, 5.41) is 6.87. The second kappa shape index (κ2) is 6.14. The minimum Gasteiger partial charge on any atom is -0.372 e. The Hall–Kier alpha value is -3.00. The summed E-state index contributed by atoms with van der Waals surface area (Å²) in [7, 11) is 0. The van der Waals surface area contributed by atoms with E-state index in [0.29, 0.717) is 42.9 Å². The van der Waals surface area contributed by atoms with Gasteiger partial charge in [-0.1, -0.05) is 17.3 Å². The summed E-state index contributed by atoms with van der Waals surface area (Å²) in [5.41, 5.74) is 2.95. The highest BCUT2D eigenvalue weighted by Gasteiger charge is 2.20. The topological polar surface area (TPSA) is 95.1 Å². The van der Waals surface area contributed by atoms with Crippen LogP contribution in [0.5, 0.6) is 0 Å². The van der Waals surface area contributed by atoms with Gasteiger partial charge in [-0.15, -0.1) is 0 Å². The van der Waals surface area contributed by atoms with Gasteiger partial charge in [0.05, 0.1) is 12.8 Å². The number of nitrogens with one attached hydrogen (secondary N) is 1. The molecule has 3 aromatic rings. The number of anilines is 1. The normalized spacial score (nSPS) is 13.5. The molecular weight excluding hydrogens is 322 g/mol. The van der Waals surface area contributed by atoms with Crippen LogP contribution in [0, 0.1) is 13.8 Å². The van der Waals surface area contributed by atoms with Gasteiger partial charge in [-0.05, 0) is 18.6 Å². The minimum atomic E-state index is -0.204. The third kappa shape index (κ3) is 2.91. The first-order chi connectivity index (χ1) is 12.1. The zero-order chi connectivity index (χ0) is 17.4. The fourth-order valence-electron chi connectivity index (χ4n) is 2.78. The van der Waals surface area contributed by atoms with Gasteiger partial charge in [0.25, 0.3) is 5.91 Å². The molecule has 25 heavy (non-hydrogen) atoms. The van der Waals surface area contributed by atoms with E-state index in [1.165, 1.54) is 0 Å². The molecule has 0 spiro atoms. The Labute approximate surface area is 143 Å². The van der Waals surface area contributed by atoms with Crippen LogP contribution in [0.3, 0.4) is 0 Å². The van der Waals surface area contributed by atoms with Crippen LogP contribution in [0.15, 0.2) is 28.9 Å². The van der Waals surface area contributed by atoms with Crippen LogP contribution in [0.1, 0.15) is 27.8 Å². The number of hydrogen-bond acceptors (Lipinski definition) is 6. The van der Waals surface area contributed by atoms with Crippen LogP contribution >= 0.6 is 0 Å². The van der Waals surface area contributed by atoms with Gasteiger partial charge >= 0.3 is 0 Å². The minimum absolute atomic E-state index is 0.204. The Bertz CT molecular complexity index is 944. The predicted molar refractivity (Wildman–Crippen MR) is 89.0 cm³/mol. The quantitative estimate of drug-likeness (QED) is 0.787. The Morgan fingerprint density at radius 3 is 3.00 bits per heavy atom. The molecule has 1 amide bonds. The van der Waals surface area contributed by atoms with Crippen LogP contribution in [-0.4, -0.2) is 32.2 Å². The van der Waals surface area contributed by atoms with Gasteiger partial charge in [-0.25, -0.2) is 4.98 Å². The van der Waals surface area contributed by atoms with Crippen molar-refractivity contribution in [3.63, 3.8) is 0 Å². The average Bonchev–Trinajstić information content (AvgIpc) is 3.23. The van der Waals surface area contributed by atoms with Crippen LogP contribution in [0.4, 0.5) is 5.69 Å². The van der Waals surface area contributed by atoms with Crippen molar-refractivity contribution < 1.29 is 14.1 Å². The smallest absolute Gasteiger partial charge is 0.273 e. The summed E-state index contributed by atoms with van der Waals surface area (Å²) in [4.78, 5) is 21.2. The first-order valence-corrected chi connectivity index (χ1v) is 7.96. The Morgan fingerprint density at radius 2 is 2.20 bits per heavy atom. The summed E-state index contributed by atoms with van der Waals surface area (Å²) in [6, 6.07) is 5.65. The van der Waals surface area contributed by atoms with E-state index in [0.717, 1.165) is 17.0 Å². The van der Waals surface area contributed by atoms with E-state index >= 15 is 0 Å². The van der Waals surface area contributed by atoms with E-state index in [2.05, 4.69) is 20.4 Å². The number of fused-ring (bicyclic) bond motifs is 1. The maximum atomic E-state index is 12.7. The van der Waals surface area contributed by atoms with Gasteiger partial charge in [-0.3, -0.25) is 4.79 Å². The largest absolute Gasteiger partial charge is 0.372 e. The molecule has 0 atom stereocenters. The molecule has 128 valence electrons. The standard InChI is InChI=1S/C17H17N5O3/c1-10-3-4-12(16-19-11(2)25-21-16)7-13(10)20-17(23)14-8-18-15-9-24-6-5-22(14)15/h3-4,7-8H,5-6,9H2,1-2H3,(H,20,23). The Kier molecular flexibility index (Phi) is 3.81. The van der Waals surface area contributed by atoms with Crippen molar-refractivity contribution in [1.82, 2.24) is 19.7 Å². The molecule has 2 aromatic heterocycles. The predicted octanol–water partition coefficient (Wildman–Crippen LogP) is 2.33. The second-order valence-corrected chi connectivity index (χ2v) is 5.88. The van der Waals surface area contributed by atoms with E-state index in [4.69, 9.17) is 9.26 Å². The number of aromatic nitrogens is 4. The molecule has 0 fully saturated rings. The molecule has 0 saturated carbocycles. The zero-order valence-electron chi connectivity index (χ0n) is 13.9. The fourth-order valence-corrected chi connectivity index (χ4v) is 2.78. The second-order valence-electron chi connectivity index (χ2n) is 5.88. The van der Waals surface area contributed by atoms with Crippen LogP contribution in [0.25, 0.3) is 11.4 Å². The molecule has 0 bridgehead atoms. The Morgan fingerprint density at radius 1 is 1.32 bits per heavy atom. The number of aryl methyl sites for hydroxylation is 2. The highest BCUT2D eigenvalue weighted by atomic mass is 16.5. The van der Waals surface area contributed by atoms with E-state index < -0.39 is 0 Å². The van der Waals surface area contributed by atoms with Crippen molar-refractivity contribution in [3.8, 4) is 11.4 Å². The number of carbonyl (C=O) groups is 1. The van der Waals surface area contributed by atoms with Gasteiger partial charge in [0.2, 0.25) is 11.7 Å². The van der Waals surface area contributed by atoms with E-state index in [-0.39, 0.29) is 5.91 Å². The highest BCUT2D eigenvalue weighted by Crippen LogP contribution is 2.24. The molecule has 8 nitrogen and oxygen atoms in total. The molecule has 0 aliphatic carbocycles.